The van der Waals surface area contributed by atoms with Gasteiger partial charge in [0.15, 0.2) is 5.76 Å². The van der Waals surface area contributed by atoms with Crippen molar-refractivity contribution in [2.24, 2.45) is 0 Å². The fraction of sp³-hybridized carbons (Fsp3) is 0.227. The molecule has 4 nitrogen and oxygen atoms in total. The minimum atomic E-state index is -0.205. The van der Waals surface area contributed by atoms with E-state index in [9.17, 15) is 9.90 Å². The molecule has 0 saturated heterocycles. The highest BCUT2D eigenvalue weighted by molar-refractivity contribution is 5.99. The van der Waals surface area contributed by atoms with Crippen LogP contribution in [-0.2, 0) is 0 Å². The van der Waals surface area contributed by atoms with Gasteiger partial charge < -0.3 is 14.4 Å². The number of furan rings is 1. The van der Waals surface area contributed by atoms with Crippen molar-refractivity contribution < 1.29 is 14.3 Å². The van der Waals surface area contributed by atoms with Gasteiger partial charge in [-0.1, -0.05) is 54.6 Å². The van der Waals surface area contributed by atoms with Gasteiger partial charge in [0.2, 0.25) is 0 Å². The second-order valence-electron chi connectivity index (χ2n) is 6.34. The Bertz CT molecular complexity index is 925. The lowest BCUT2D eigenvalue weighted by atomic mass is 10.1. The predicted molar refractivity (Wildman–Crippen MR) is 104 cm³/mol. The minimum Gasteiger partial charge on any atom is -0.451 e. The topological polar surface area (TPSA) is 53.7 Å². The second kappa shape index (κ2) is 8.02. The molecule has 0 bridgehead atoms. The number of amides is 1. The highest BCUT2D eigenvalue weighted by Gasteiger charge is 2.22. The number of fused-ring (bicyclic) bond motifs is 1. The van der Waals surface area contributed by atoms with Gasteiger partial charge in [0.05, 0.1) is 6.61 Å². The summed E-state index contributed by atoms with van der Waals surface area (Å²) in [5.41, 5.74) is 3.71. The molecule has 2 aromatic carbocycles. The van der Waals surface area contributed by atoms with Gasteiger partial charge in [0.1, 0.15) is 5.58 Å². The average molecular weight is 349 g/mol. The van der Waals surface area contributed by atoms with Crippen LogP contribution >= 0.6 is 0 Å². The van der Waals surface area contributed by atoms with Gasteiger partial charge in [-0.25, -0.2) is 0 Å². The van der Waals surface area contributed by atoms with Crippen LogP contribution in [-0.4, -0.2) is 35.6 Å². The molecule has 4 heteroatoms. The molecular formula is C22H23NO3. The van der Waals surface area contributed by atoms with Crippen LogP contribution in [0.1, 0.15) is 27.2 Å². The number of aryl methyl sites for hydroxylation is 2. The summed E-state index contributed by atoms with van der Waals surface area (Å²) in [6.45, 7) is 4.46. The Balaban J connectivity index is 1.82. The molecule has 0 radical (unpaired) electrons. The molecule has 0 saturated carbocycles. The molecule has 0 spiro atoms. The number of aliphatic hydroxyl groups is 1. The quantitative estimate of drug-likeness (QED) is 0.726. The average Bonchev–Trinajstić information content (AvgIpc) is 2.97. The Morgan fingerprint density at radius 3 is 2.65 bits per heavy atom. The van der Waals surface area contributed by atoms with Crippen molar-refractivity contribution in [3.05, 3.63) is 77.1 Å². The van der Waals surface area contributed by atoms with Crippen molar-refractivity contribution >= 4 is 23.0 Å². The molecule has 0 aliphatic heterocycles. The lowest BCUT2D eigenvalue weighted by Crippen LogP contribution is -2.33. The SMILES string of the molecule is Cc1ccc2c(C)c(C(=O)N(C/C=C/c3ccccc3)CCO)oc2c1. The zero-order chi connectivity index (χ0) is 18.5. The standard InChI is InChI=1S/C22H23NO3/c1-16-10-11-19-17(2)21(26-20(19)15-16)22(25)23(13-14-24)12-6-9-18-7-4-3-5-8-18/h3-11,15,24H,12-14H2,1-2H3/b9-6+. The molecule has 0 atom stereocenters. The van der Waals surface area contributed by atoms with Crippen LogP contribution in [0.15, 0.2) is 59.0 Å². The minimum absolute atomic E-state index is 0.0939. The number of benzene rings is 2. The molecule has 0 fully saturated rings. The summed E-state index contributed by atoms with van der Waals surface area (Å²) >= 11 is 0. The van der Waals surface area contributed by atoms with E-state index in [0.29, 0.717) is 12.3 Å². The summed E-state index contributed by atoms with van der Waals surface area (Å²) in [6, 6.07) is 15.8. The number of aliphatic hydroxyl groups excluding tert-OH is 1. The maximum absolute atomic E-state index is 12.9. The van der Waals surface area contributed by atoms with Crippen molar-refractivity contribution in [2.45, 2.75) is 13.8 Å². The summed E-state index contributed by atoms with van der Waals surface area (Å²) < 4.78 is 5.84. The molecule has 1 N–H and O–H groups in total. The Labute approximate surface area is 153 Å². The van der Waals surface area contributed by atoms with E-state index < -0.39 is 0 Å². The van der Waals surface area contributed by atoms with Gasteiger partial charge in [-0.3, -0.25) is 4.79 Å². The van der Waals surface area contributed by atoms with Gasteiger partial charge in [0.25, 0.3) is 5.91 Å². The van der Waals surface area contributed by atoms with Crippen LogP contribution in [0.4, 0.5) is 0 Å². The molecule has 3 rings (SSSR count). The number of hydrogen-bond donors (Lipinski definition) is 1. The van der Waals surface area contributed by atoms with E-state index in [4.69, 9.17) is 4.42 Å². The van der Waals surface area contributed by atoms with Gasteiger partial charge in [0, 0.05) is 24.0 Å². The largest absolute Gasteiger partial charge is 0.451 e. The number of carbonyl (C=O) groups is 1. The Morgan fingerprint density at radius 2 is 1.92 bits per heavy atom. The van der Waals surface area contributed by atoms with Crippen molar-refractivity contribution in [3.63, 3.8) is 0 Å². The van der Waals surface area contributed by atoms with E-state index in [1.807, 2.05) is 74.5 Å². The van der Waals surface area contributed by atoms with E-state index in [0.717, 1.165) is 27.7 Å². The normalized spacial score (nSPS) is 11.3. The molecule has 0 unspecified atom stereocenters. The third-order valence-corrected chi connectivity index (χ3v) is 4.38. The highest BCUT2D eigenvalue weighted by Crippen LogP contribution is 2.27. The lowest BCUT2D eigenvalue weighted by Gasteiger charge is -2.19. The Kier molecular flexibility index (Phi) is 5.54. The molecule has 3 aromatic rings. The molecule has 26 heavy (non-hydrogen) atoms. The van der Waals surface area contributed by atoms with Gasteiger partial charge >= 0.3 is 0 Å². The molecule has 134 valence electrons. The van der Waals surface area contributed by atoms with Crippen LogP contribution < -0.4 is 0 Å². The van der Waals surface area contributed by atoms with Crippen molar-refractivity contribution in [1.29, 1.82) is 0 Å². The van der Waals surface area contributed by atoms with Crippen molar-refractivity contribution in [1.82, 2.24) is 4.90 Å². The van der Waals surface area contributed by atoms with Crippen LogP contribution in [0, 0.1) is 13.8 Å². The van der Waals surface area contributed by atoms with Crippen LogP contribution in [0.2, 0.25) is 0 Å². The third kappa shape index (κ3) is 3.86. The Morgan fingerprint density at radius 1 is 1.15 bits per heavy atom. The smallest absolute Gasteiger partial charge is 0.290 e. The van der Waals surface area contributed by atoms with Gasteiger partial charge in [-0.2, -0.15) is 0 Å². The fourth-order valence-corrected chi connectivity index (χ4v) is 2.96. The number of rotatable bonds is 6. The van der Waals surface area contributed by atoms with Gasteiger partial charge in [-0.05, 0) is 31.0 Å². The van der Waals surface area contributed by atoms with Gasteiger partial charge in [-0.15, -0.1) is 0 Å². The second-order valence-corrected chi connectivity index (χ2v) is 6.34. The molecule has 0 aliphatic rings. The first-order valence-electron chi connectivity index (χ1n) is 8.71. The zero-order valence-corrected chi connectivity index (χ0v) is 15.1. The maximum atomic E-state index is 12.9. The number of carbonyl (C=O) groups excluding carboxylic acids is 1. The van der Waals surface area contributed by atoms with Crippen LogP contribution in [0.5, 0.6) is 0 Å². The summed E-state index contributed by atoms with van der Waals surface area (Å²) in [7, 11) is 0. The number of nitrogens with zero attached hydrogens (tertiary/aromatic N) is 1. The molecule has 1 heterocycles. The zero-order valence-electron chi connectivity index (χ0n) is 15.1. The van der Waals surface area contributed by atoms with Crippen molar-refractivity contribution in [2.75, 3.05) is 19.7 Å². The van der Waals surface area contributed by atoms with E-state index in [-0.39, 0.29) is 19.1 Å². The molecule has 1 aromatic heterocycles. The fourth-order valence-electron chi connectivity index (χ4n) is 2.96. The third-order valence-electron chi connectivity index (χ3n) is 4.38. The van der Waals surface area contributed by atoms with Crippen LogP contribution in [0.3, 0.4) is 0 Å². The lowest BCUT2D eigenvalue weighted by molar-refractivity contribution is 0.0713. The number of hydrogen-bond acceptors (Lipinski definition) is 3. The van der Waals surface area contributed by atoms with Crippen molar-refractivity contribution in [3.8, 4) is 0 Å². The molecule has 1 amide bonds. The van der Waals surface area contributed by atoms with E-state index in [1.54, 1.807) is 4.90 Å². The summed E-state index contributed by atoms with van der Waals surface area (Å²) in [6.07, 6.45) is 3.89. The first-order chi connectivity index (χ1) is 12.6. The summed E-state index contributed by atoms with van der Waals surface area (Å²) in [4.78, 5) is 14.5. The van der Waals surface area contributed by atoms with E-state index in [1.165, 1.54) is 0 Å². The first-order valence-corrected chi connectivity index (χ1v) is 8.71. The molecular weight excluding hydrogens is 326 g/mol. The Hall–Kier alpha value is -2.85. The van der Waals surface area contributed by atoms with E-state index in [2.05, 4.69) is 0 Å². The monoisotopic (exact) mass is 349 g/mol. The van der Waals surface area contributed by atoms with Crippen LogP contribution in [0.25, 0.3) is 17.0 Å². The maximum Gasteiger partial charge on any atom is 0.290 e. The summed E-state index contributed by atoms with van der Waals surface area (Å²) in [5.74, 6) is 0.135. The van der Waals surface area contributed by atoms with E-state index >= 15 is 0 Å². The highest BCUT2D eigenvalue weighted by atomic mass is 16.3. The summed E-state index contributed by atoms with van der Waals surface area (Å²) in [5, 5.41) is 10.3. The first kappa shape index (κ1) is 18.0. The predicted octanol–water partition coefficient (Wildman–Crippen LogP) is 4.20. The molecule has 0 aliphatic carbocycles.